The summed E-state index contributed by atoms with van der Waals surface area (Å²) in [6.07, 6.45) is 2.39. The van der Waals surface area contributed by atoms with E-state index in [1.807, 2.05) is 11.3 Å². The predicted octanol–water partition coefficient (Wildman–Crippen LogP) is 3.70. The summed E-state index contributed by atoms with van der Waals surface area (Å²) in [5.41, 5.74) is 4.12. The average Bonchev–Trinajstić information content (AvgIpc) is 3.04. The summed E-state index contributed by atoms with van der Waals surface area (Å²) in [5.74, 6) is 0.554. The number of hydrazone groups is 1. The van der Waals surface area contributed by atoms with Crippen molar-refractivity contribution < 1.29 is 0 Å². The van der Waals surface area contributed by atoms with Crippen LogP contribution in [0, 0.1) is 5.92 Å². The molecule has 0 radical (unpaired) electrons. The normalized spacial score (nSPS) is 24.9. The molecule has 1 aromatic carbocycles. The van der Waals surface area contributed by atoms with Gasteiger partial charge in [-0.05, 0) is 29.9 Å². The number of nitrogens with zero attached hydrogens (tertiary/aromatic N) is 2. The van der Waals surface area contributed by atoms with Gasteiger partial charge in [-0.2, -0.15) is 5.10 Å². The fraction of sp³-hybridized carbons (Fsp3) is 0.312. The minimum Gasteiger partial charge on any atom is -0.291 e. The Morgan fingerprint density at radius 3 is 2.95 bits per heavy atom. The van der Waals surface area contributed by atoms with Gasteiger partial charge in [0.05, 0.1) is 11.8 Å². The topological polar surface area (TPSA) is 15.6 Å². The first-order valence-electron chi connectivity index (χ1n) is 6.77. The van der Waals surface area contributed by atoms with E-state index in [0.717, 1.165) is 0 Å². The zero-order valence-electron chi connectivity index (χ0n) is 10.9. The van der Waals surface area contributed by atoms with Gasteiger partial charge in [0.15, 0.2) is 0 Å². The van der Waals surface area contributed by atoms with Crippen LogP contribution < -0.4 is 0 Å². The zero-order valence-corrected chi connectivity index (χ0v) is 11.7. The molecular formula is C16H16N2S. The molecule has 0 saturated carbocycles. The van der Waals surface area contributed by atoms with Crippen LogP contribution in [0.3, 0.4) is 0 Å². The molecule has 0 unspecified atom stereocenters. The Balaban J connectivity index is 1.78. The summed E-state index contributed by atoms with van der Waals surface area (Å²) in [6.45, 7) is 0. The van der Waals surface area contributed by atoms with Crippen molar-refractivity contribution in [3.8, 4) is 0 Å². The maximum absolute atomic E-state index is 4.85. The molecule has 0 saturated heterocycles. The van der Waals surface area contributed by atoms with Crippen LogP contribution in [-0.4, -0.2) is 17.8 Å². The molecule has 2 aliphatic rings. The molecule has 1 aliphatic heterocycles. The van der Waals surface area contributed by atoms with E-state index < -0.39 is 0 Å². The predicted molar refractivity (Wildman–Crippen MR) is 79.6 cm³/mol. The molecule has 96 valence electrons. The Bertz CT molecular complexity index is 630. The molecule has 3 heteroatoms. The van der Waals surface area contributed by atoms with Crippen molar-refractivity contribution in [1.82, 2.24) is 5.01 Å². The molecule has 1 aromatic heterocycles. The first-order chi connectivity index (χ1) is 9.34. The van der Waals surface area contributed by atoms with Crippen molar-refractivity contribution in [3.63, 3.8) is 0 Å². The van der Waals surface area contributed by atoms with Gasteiger partial charge in [-0.25, -0.2) is 0 Å². The maximum atomic E-state index is 4.85. The van der Waals surface area contributed by atoms with Crippen molar-refractivity contribution in [2.24, 2.45) is 11.0 Å². The Labute approximate surface area is 117 Å². The molecule has 4 rings (SSSR count). The summed E-state index contributed by atoms with van der Waals surface area (Å²) in [6, 6.07) is 13.5. The summed E-state index contributed by atoms with van der Waals surface area (Å²) in [5, 5.41) is 9.17. The third-order valence-electron chi connectivity index (χ3n) is 4.25. The summed E-state index contributed by atoms with van der Waals surface area (Å²) < 4.78 is 0. The van der Waals surface area contributed by atoms with Crippen molar-refractivity contribution >= 4 is 17.0 Å². The highest BCUT2D eigenvalue weighted by atomic mass is 32.1. The third kappa shape index (κ3) is 1.65. The largest absolute Gasteiger partial charge is 0.291 e. The molecule has 0 fully saturated rings. The molecule has 2 aromatic rings. The van der Waals surface area contributed by atoms with Crippen molar-refractivity contribution in [2.45, 2.75) is 18.9 Å². The van der Waals surface area contributed by atoms with E-state index in [1.165, 1.54) is 34.6 Å². The molecule has 1 aliphatic carbocycles. The molecule has 0 N–H and O–H groups in total. The number of thiophene rings is 1. The molecule has 2 atom stereocenters. The second-order valence-electron chi connectivity index (χ2n) is 5.32. The van der Waals surface area contributed by atoms with Crippen LogP contribution in [0.1, 0.15) is 28.5 Å². The molecule has 19 heavy (non-hydrogen) atoms. The van der Waals surface area contributed by atoms with Crippen LogP contribution in [0.25, 0.3) is 0 Å². The maximum Gasteiger partial charge on any atom is 0.0893 e. The number of aryl methyl sites for hydroxylation is 1. The van der Waals surface area contributed by atoms with Crippen LogP contribution in [0.15, 0.2) is 46.9 Å². The minimum absolute atomic E-state index is 0.434. The Kier molecular flexibility index (Phi) is 2.49. The molecule has 2 nitrogen and oxygen atoms in total. The van der Waals surface area contributed by atoms with Gasteiger partial charge in [-0.15, -0.1) is 11.3 Å². The van der Waals surface area contributed by atoms with Crippen molar-refractivity contribution in [2.75, 3.05) is 7.05 Å². The lowest BCUT2D eigenvalue weighted by molar-refractivity contribution is 0.247. The van der Waals surface area contributed by atoms with Crippen LogP contribution in [0.2, 0.25) is 0 Å². The fourth-order valence-corrected chi connectivity index (χ4v) is 4.33. The Morgan fingerprint density at radius 2 is 2.11 bits per heavy atom. The summed E-state index contributed by atoms with van der Waals surface area (Å²) >= 11 is 1.85. The van der Waals surface area contributed by atoms with Crippen LogP contribution >= 0.6 is 11.3 Å². The number of benzene rings is 1. The van der Waals surface area contributed by atoms with Crippen molar-refractivity contribution in [3.05, 3.63) is 57.8 Å². The smallest absolute Gasteiger partial charge is 0.0893 e. The van der Waals surface area contributed by atoms with E-state index in [4.69, 9.17) is 5.10 Å². The van der Waals surface area contributed by atoms with E-state index in [-0.39, 0.29) is 0 Å². The van der Waals surface area contributed by atoms with Gasteiger partial charge in [0.2, 0.25) is 0 Å². The number of fused-ring (bicyclic) bond motifs is 3. The summed E-state index contributed by atoms with van der Waals surface area (Å²) in [4.78, 5) is 1.44. The first-order valence-corrected chi connectivity index (χ1v) is 7.65. The van der Waals surface area contributed by atoms with Gasteiger partial charge in [0.1, 0.15) is 0 Å². The summed E-state index contributed by atoms with van der Waals surface area (Å²) in [7, 11) is 2.11. The lowest BCUT2D eigenvalue weighted by atomic mass is 9.79. The Hall–Kier alpha value is -1.61. The van der Waals surface area contributed by atoms with Gasteiger partial charge in [0, 0.05) is 23.4 Å². The molecule has 0 spiro atoms. The second-order valence-corrected chi connectivity index (χ2v) is 6.30. The highest BCUT2D eigenvalue weighted by molar-refractivity contribution is 7.10. The van der Waals surface area contributed by atoms with Gasteiger partial charge < -0.3 is 0 Å². The van der Waals surface area contributed by atoms with Crippen molar-refractivity contribution in [1.29, 1.82) is 0 Å². The average molecular weight is 268 g/mol. The molecule has 0 amide bonds. The van der Waals surface area contributed by atoms with Crippen LogP contribution in [0.5, 0.6) is 0 Å². The van der Waals surface area contributed by atoms with Gasteiger partial charge in [-0.3, -0.25) is 5.01 Å². The van der Waals surface area contributed by atoms with E-state index in [2.05, 4.69) is 53.8 Å². The zero-order chi connectivity index (χ0) is 12.8. The lowest BCUT2D eigenvalue weighted by Crippen LogP contribution is -2.26. The third-order valence-corrected chi connectivity index (χ3v) is 5.20. The molecule has 0 bridgehead atoms. The van der Waals surface area contributed by atoms with E-state index in [1.54, 1.807) is 0 Å². The standard InChI is InChI=1S/C16H16N2S/c1-18-16(14-7-4-10-19-14)13-9-8-11-5-2-3-6-12(11)15(13)17-18/h2-7,10,13,16H,8-9H2,1H3/t13-,16+/m0/s1. The SMILES string of the molecule is CN1N=C2c3ccccc3CC[C@@H]2[C@@H]1c1cccs1. The van der Waals surface area contributed by atoms with E-state index in [9.17, 15) is 0 Å². The van der Waals surface area contributed by atoms with Gasteiger partial charge in [0.25, 0.3) is 0 Å². The monoisotopic (exact) mass is 268 g/mol. The number of hydrogen-bond donors (Lipinski definition) is 0. The van der Waals surface area contributed by atoms with E-state index in [0.29, 0.717) is 12.0 Å². The second kappa shape index (κ2) is 4.20. The minimum atomic E-state index is 0.434. The van der Waals surface area contributed by atoms with Gasteiger partial charge in [-0.1, -0.05) is 30.3 Å². The number of rotatable bonds is 1. The molecule has 2 heterocycles. The van der Waals surface area contributed by atoms with Crippen LogP contribution in [0.4, 0.5) is 0 Å². The van der Waals surface area contributed by atoms with Gasteiger partial charge >= 0.3 is 0 Å². The lowest BCUT2D eigenvalue weighted by Gasteiger charge is -2.27. The van der Waals surface area contributed by atoms with Crippen LogP contribution in [-0.2, 0) is 6.42 Å². The highest BCUT2D eigenvalue weighted by Crippen LogP contribution is 2.43. The fourth-order valence-electron chi connectivity index (χ4n) is 3.41. The quantitative estimate of drug-likeness (QED) is 0.770. The Morgan fingerprint density at radius 1 is 1.21 bits per heavy atom. The number of hydrogen-bond acceptors (Lipinski definition) is 3. The first kappa shape index (κ1) is 11.2. The van der Waals surface area contributed by atoms with E-state index >= 15 is 0 Å². The highest BCUT2D eigenvalue weighted by Gasteiger charge is 2.40. The molecular weight excluding hydrogens is 252 g/mol.